The highest BCUT2D eigenvalue weighted by atomic mass is 16.6. The van der Waals surface area contributed by atoms with E-state index in [0.29, 0.717) is 18.3 Å². The highest BCUT2D eigenvalue weighted by Crippen LogP contribution is 2.28. The molecule has 0 N–H and O–H groups in total. The second-order valence-electron chi connectivity index (χ2n) is 6.37. The molecule has 0 saturated carbocycles. The number of hydrogen-bond acceptors (Lipinski definition) is 6. The maximum absolute atomic E-state index is 12.1. The first-order valence-electron chi connectivity index (χ1n) is 7.03. The monoisotopic (exact) mass is 281 g/mol. The lowest BCUT2D eigenvalue weighted by molar-refractivity contribution is -0.159. The van der Waals surface area contributed by atoms with Crippen LogP contribution in [0.3, 0.4) is 0 Å². The van der Waals surface area contributed by atoms with Gasteiger partial charge in [0.1, 0.15) is 5.60 Å². The van der Waals surface area contributed by atoms with Crippen LogP contribution in [0.25, 0.3) is 0 Å². The molecule has 0 aliphatic carbocycles. The average Bonchev–Trinajstić information content (AvgIpc) is 2.94. The molecule has 2 rings (SSSR count). The molecule has 0 aromatic carbocycles. The van der Waals surface area contributed by atoms with Gasteiger partial charge in [-0.25, -0.2) is 0 Å². The number of carbonyl (C=O) groups is 1. The molecule has 1 fully saturated rings. The third-order valence-electron chi connectivity index (χ3n) is 3.41. The fourth-order valence-corrected chi connectivity index (χ4v) is 2.36. The van der Waals surface area contributed by atoms with Crippen LogP contribution in [0.5, 0.6) is 0 Å². The number of rotatable bonds is 3. The molecule has 0 bridgehead atoms. The lowest BCUT2D eigenvalue weighted by Crippen LogP contribution is -2.31. The SMILES string of the molecule is Cc1noc([C@@H](C)N2CC[C@@H](C(=O)OC(C)(C)C)C2)n1. The molecular weight excluding hydrogens is 258 g/mol. The summed E-state index contributed by atoms with van der Waals surface area (Å²) in [4.78, 5) is 18.5. The van der Waals surface area contributed by atoms with Crippen LogP contribution in [0, 0.1) is 12.8 Å². The Morgan fingerprint density at radius 2 is 2.20 bits per heavy atom. The molecule has 0 unspecified atom stereocenters. The smallest absolute Gasteiger partial charge is 0.310 e. The summed E-state index contributed by atoms with van der Waals surface area (Å²) in [6.45, 7) is 11.0. The van der Waals surface area contributed by atoms with Gasteiger partial charge >= 0.3 is 5.97 Å². The molecule has 6 heteroatoms. The molecule has 1 aromatic rings. The van der Waals surface area contributed by atoms with Gasteiger partial charge in [-0.2, -0.15) is 4.98 Å². The van der Waals surface area contributed by atoms with E-state index in [0.717, 1.165) is 13.0 Å². The van der Waals surface area contributed by atoms with Gasteiger partial charge in [0.05, 0.1) is 12.0 Å². The molecule has 2 atom stereocenters. The summed E-state index contributed by atoms with van der Waals surface area (Å²) < 4.78 is 10.6. The fraction of sp³-hybridized carbons (Fsp3) is 0.786. The lowest BCUT2D eigenvalue weighted by atomic mass is 10.1. The number of likely N-dealkylation sites (tertiary alicyclic amines) is 1. The predicted octanol–water partition coefficient (Wildman–Crippen LogP) is 2.10. The van der Waals surface area contributed by atoms with Crippen molar-refractivity contribution in [2.75, 3.05) is 13.1 Å². The Morgan fingerprint density at radius 1 is 1.50 bits per heavy atom. The molecule has 0 spiro atoms. The van der Waals surface area contributed by atoms with E-state index in [2.05, 4.69) is 15.0 Å². The van der Waals surface area contributed by atoms with Crippen molar-refractivity contribution in [1.29, 1.82) is 0 Å². The lowest BCUT2D eigenvalue weighted by Gasteiger charge is -2.23. The quantitative estimate of drug-likeness (QED) is 0.790. The van der Waals surface area contributed by atoms with Gasteiger partial charge in [-0.3, -0.25) is 9.69 Å². The largest absolute Gasteiger partial charge is 0.460 e. The molecule has 6 nitrogen and oxygen atoms in total. The Kier molecular flexibility index (Phi) is 4.13. The van der Waals surface area contributed by atoms with Gasteiger partial charge < -0.3 is 9.26 Å². The number of aryl methyl sites for hydroxylation is 1. The van der Waals surface area contributed by atoms with Gasteiger partial charge in [0.2, 0.25) is 5.89 Å². The van der Waals surface area contributed by atoms with E-state index >= 15 is 0 Å². The summed E-state index contributed by atoms with van der Waals surface area (Å²) in [5.74, 6) is 1.05. The van der Waals surface area contributed by atoms with E-state index in [-0.39, 0.29) is 17.9 Å². The van der Waals surface area contributed by atoms with Crippen LogP contribution in [0.4, 0.5) is 0 Å². The van der Waals surface area contributed by atoms with Crippen molar-refractivity contribution in [1.82, 2.24) is 15.0 Å². The molecule has 112 valence electrons. The maximum atomic E-state index is 12.1. The number of nitrogens with zero attached hydrogens (tertiary/aromatic N) is 3. The zero-order chi connectivity index (χ0) is 14.9. The molecule has 0 radical (unpaired) electrons. The van der Waals surface area contributed by atoms with E-state index in [4.69, 9.17) is 9.26 Å². The van der Waals surface area contributed by atoms with E-state index in [1.54, 1.807) is 6.92 Å². The summed E-state index contributed by atoms with van der Waals surface area (Å²) in [7, 11) is 0. The molecule has 1 aliphatic heterocycles. The second-order valence-corrected chi connectivity index (χ2v) is 6.37. The molecule has 2 heterocycles. The molecule has 20 heavy (non-hydrogen) atoms. The Hall–Kier alpha value is -1.43. The van der Waals surface area contributed by atoms with E-state index < -0.39 is 5.60 Å². The molecular formula is C14H23N3O3. The van der Waals surface area contributed by atoms with Gasteiger partial charge in [-0.1, -0.05) is 5.16 Å². The summed E-state index contributed by atoms with van der Waals surface area (Å²) >= 11 is 0. The highest BCUT2D eigenvalue weighted by Gasteiger charge is 2.35. The molecule has 1 aromatic heterocycles. The van der Waals surface area contributed by atoms with Crippen LogP contribution in [0.1, 0.15) is 51.9 Å². The summed E-state index contributed by atoms with van der Waals surface area (Å²) in [6, 6.07) is 0.0311. The van der Waals surface area contributed by atoms with Crippen molar-refractivity contribution in [2.45, 2.75) is 52.7 Å². The minimum absolute atomic E-state index is 0.0311. The van der Waals surface area contributed by atoms with Crippen LogP contribution in [0.15, 0.2) is 4.52 Å². The average molecular weight is 281 g/mol. The first-order chi connectivity index (χ1) is 9.26. The first kappa shape index (κ1) is 15.0. The van der Waals surface area contributed by atoms with Gasteiger partial charge in [0.15, 0.2) is 5.82 Å². The van der Waals surface area contributed by atoms with Crippen molar-refractivity contribution in [3.63, 3.8) is 0 Å². The topological polar surface area (TPSA) is 68.5 Å². The van der Waals surface area contributed by atoms with E-state index in [1.165, 1.54) is 0 Å². The number of esters is 1. The maximum Gasteiger partial charge on any atom is 0.310 e. The van der Waals surface area contributed by atoms with Gasteiger partial charge in [0.25, 0.3) is 0 Å². The number of hydrogen-bond donors (Lipinski definition) is 0. The molecule has 0 amide bonds. The van der Waals surface area contributed by atoms with Crippen LogP contribution >= 0.6 is 0 Å². The van der Waals surface area contributed by atoms with Crippen LogP contribution in [0.2, 0.25) is 0 Å². The van der Waals surface area contributed by atoms with Crippen molar-refractivity contribution < 1.29 is 14.1 Å². The number of aromatic nitrogens is 2. The van der Waals surface area contributed by atoms with Crippen LogP contribution < -0.4 is 0 Å². The summed E-state index contributed by atoms with van der Waals surface area (Å²) in [6.07, 6.45) is 0.812. The predicted molar refractivity (Wildman–Crippen MR) is 73.0 cm³/mol. The van der Waals surface area contributed by atoms with Crippen molar-refractivity contribution in [3.05, 3.63) is 11.7 Å². The summed E-state index contributed by atoms with van der Waals surface area (Å²) in [5.41, 5.74) is -0.431. The Labute approximate surface area is 119 Å². The minimum Gasteiger partial charge on any atom is -0.460 e. The zero-order valence-electron chi connectivity index (χ0n) is 12.8. The van der Waals surface area contributed by atoms with Gasteiger partial charge in [-0.15, -0.1) is 0 Å². The third-order valence-corrected chi connectivity index (χ3v) is 3.41. The van der Waals surface area contributed by atoms with E-state index in [1.807, 2.05) is 27.7 Å². The fourth-order valence-electron chi connectivity index (χ4n) is 2.36. The number of carbonyl (C=O) groups excluding carboxylic acids is 1. The van der Waals surface area contributed by atoms with Crippen LogP contribution in [-0.2, 0) is 9.53 Å². The Bertz CT molecular complexity index is 478. The first-order valence-corrected chi connectivity index (χ1v) is 7.03. The molecule has 1 saturated heterocycles. The number of ether oxygens (including phenoxy) is 1. The van der Waals surface area contributed by atoms with Crippen molar-refractivity contribution in [2.24, 2.45) is 5.92 Å². The van der Waals surface area contributed by atoms with Crippen LogP contribution in [-0.4, -0.2) is 39.7 Å². The normalized spacial score (nSPS) is 21.9. The highest BCUT2D eigenvalue weighted by molar-refractivity contribution is 5.73. The van der Waals surface area contributed by atoms with Gasteiger partial charge in [-0.05, 0) is 47.6 Å². The van der Waals surface area contributed by atoms with Crippen molar-refractivity contribution in [3.8, 4) is 0 Å². The third kappa shape index (κ3) is 3.56. The minimum atomic E-state index is -0.431. The summed E-state index contributed by atoms with van der Waals surface area (Å²) in [5, 5.41) is 3.81. The molecule has 1 aliphatic rings. The van der Waals surface area contributed by atoms with Crippen molar-refractivity contribution >= 4 is 5.97 Å². The van der Waals surface area contributed by atoms with Gasteiger partial charge in [0, 0.05) is 6.54 Å². The second kappa shape index (κ2) is 5.52. The standard InChI is InChI=1S/C14H23N3O3/c1-9(12-15-10(2)16-20-12)17-7-6-11(8-17)13(18)19-14(3,4)5/h9,11H,6-8H2,1-5H3/t9-,11-/m1/s1. The zero-order valence-corrected chi connectivity index (χ0v) is 12.8. The Morgan fingerprint density at radius 3 is 2.75 bits per heavy atom. The van der Waals surface area contributed by atoms with E-state index in [9.17, 15) is 4.79 Å². The Balaban J connectivity index is 1.93.